The van der Waals surface area contributed by atoms with E-state index in [0.29, 0.717) is 5.56 Å². The van der Waals surface area contributed by atoms with Gasteiger partial charge >= 0.3 is 0 Å². The highest BCUT2D eigenvalue weighted by Gasteiger charge is 2.39. The molecule has 0 fully saturated rings. The zero-order valence-electron chi connectivity index (χ0n) is 13.8. The van der Waals surface area contributed by atoms with Crippen LogP contribution in [0.3, 0.4) is 0 Å². The van der Waals surface area contributed by atoms with E-state index in [1.807, 2.05) is 6.92 Å². The van der Waals surface area contributed by atoms with Gasteiger partial charge in [-0.05, 0) is 29.7 Å². The predicted molar refractivity (Wildman–Crippen MR) is 91.1 cm³/mol. The fraction of sp³-hybridized carbons (Fsp3) is 0.238. The molecule has 130 valence electrons. The lowest BCUT2D eigenvalue weighted by Gasteiger charge is -2.33. The summed E-state index contributed by atoms with van der Waals surface area (Å²) in [7, 11) is 0. The second-order valence-corrected chi connectivity index (χ2v) is 6.25. The molecule has 0 aliphatic heterocycles. The highest BCUT2D eigenvalue weighted by molar-refractivity contribution is 5.77. The van der Waals surface area contributed by atoms with Crippen LogP contribution in [0.4, 0.5) is 17.6 Å². The molecule has 0 nitrogen and oxygen atoms in total. The van der Waals surface area contributed by atoms with Gasteiger partial charge in [0.15, 0.2) is 23.1 Å². The SMILES string of the molecule is CCCC1=CC=C(c2cc(F)c(F)c(F)c2)C(F)(c2ccccc2)C1. The maximum absolute atomic E-state index is 16.1. The van der Waals surface area contributed by atoms with Crippen LogP contribution in [0, 0.1) is 17.5 Å². The summed E-state index contributed by atoms with van der Waals surface area (Å²) in [6.07, 6.45) is 5.07. The lowest BCUT2D eigenvalue weighted by atomic mass is 9.75. The first-order valence-corrected chi connectivity index (χ1v) is 8.25. The van der Waals surface area contributed by atoms with Gasteiger partial charge in [0.05, 0.1) is 0 Å². The van der Waals surface area contributed by atoms with Crippen LogP contribution in [0.25, 0.3) is 5.57 Å². The monoisotopic (exact) mass is 346 g/mol. The van der Waals surface area contributed by atoms with Gasteiger partial charge in [-0.1, -0.05) is 61.4 Å². The van der Waals surface area contributed by atoms with E-state index in [1.54, 1.807) is 42.5 Å². The predicted octanol–water partition coefficient (Wildman–Crippen LogP) is 6.48. The largest absolute Gasteiger partial charge is 0.233 e. The Bertz CT molecular complexity index is 813. The fourth-order valence-corrected chi connectivity index (χ4v) is 3.29. The lowest BCUT2D eigenvalue weighted by Crippen LogP contribution is -2.25. The molecule has 3 rings (SSSR count). The molecule has 1 aliphatic rings. The third-order valence-electron chi connectivity index (χ3n) is 4.48. The van der Waals surface area contributed by atoms with Crippen molar-refractivity contribution in [1.82, 2.24) is 0 Å². The summed E-state index contributed by atoms with van der Waals surface area (Å²) >= 11 is 0. The number of hydrogen-bond acceptors (Lipinski definition) is 0. The van der Waals surface area contributed by atoms with Gasteiger partial charge in [0.1, 0.15) is 0 Å². The van der Waals surface area contributed by atoms with Gasteiger partial charge in [-0.3, -0.25) is 0 Å². The molecule has 25 heavy (non-hydrogen) atoms. The molecule has 0 heterocycles. The summed E-state index contributed by atoms with van der Waals surface area (Å²) in [6.45, 7) is 2.01. The molecule has 2 aromatic carbocycles. The molecule has 0 saturated heterocycles. The van der Waals surface area contributed by atoms with E-state index in [1.165, 1.54) is 0 Å². The third kappa shape index (κ3) is 3.26. The van der Waals surface area contributed by atoms with Gasteiger partial charge < -0.3 is 0 Å². The maximum Gasteiger partial charge on any atom is 0.194 e. The van der Waals surface area contributed by atoms with Gasteiger partial charge in [0.25, 0.3) is 0 Å². The van der Waals surface area contributed by atoms with Crippen LogP contribution in [-0.2, 0) is 5.67 Å². The molecular formula is C21H18F4. The van der Waals surface area contributed by atoms with Crippen molar-refractivity contribution >= 4 is 5.57 Å². The number of benzene rings is 2. The number of hydrogen-bond donors (Lipinski definition) is 0. The highest BCUT2D eigenvalue weighted by atomic mass is 19.2. The van der Waals surface area contributed by atoms with Crippen LogP contribution >= 0.6 is 0 Å². The van der Waals surface area contributed by atoms with Crippen LogP contribution < -0.4 is 0 Å². The Morgan fingerprint density at radius 2 is 1.60 bits per heavy atom. The minimum absolute atomic E-state index is 0.00884. The second-order valence-electron chi connectivity index (χ2n) is 6.25. The molecule has 0 saturated carbocycles. The van der Waals surface area contributed by atoms with Crippen molar-refractivity contribution in [2.75, 3.05) is 0 Å². The average molecular weight is 346 g/mol. The van der Waals surface area contributed by atoms with Crippen molar-refractivity contribution in [3.8, 4) is 0 Å². The fourth-order valence-electron chi connectivity index (χ4n) is 3.29. The summed E-state index contributed by atoms with van der Waals surface area (Å²) in [6, 6.07) is 10.2. The number of rotatable bonds is 4. The van der Waals surface area contributed by atoms with Crippen LogP contribution in [0.5, 0.6) is 0 Å². The minimum Gasteiger partial charge on any atom is -0.233 e. The van der Waals surface area contributed by atoms with Crippen LogP contribution in [0.15, 0.2) is 60.2 Å². The van der Waals surface area contributed by atoms with Crippen LogP contribution in [0.2, 0.25) is 0 Å². The van der Waals surface area contributed by atoms with Crippen molar-refractivity contribution in [2.45, 2.75) is 31.9 Å². The smallest absolute Gasteiger partial charge is 0.194 e. The number of halogens is 4. The van der Waals surface area contributed by atoms with Crippen molar-refractivity contribution < 1.29 is 17.6 Å². The summed E-state index contributed by atoms with van der Waals surface area (Å²) in [5.41, 5.74) is -0.434. The summed E-state index contributed by atoms with van der Waals surface area (Å²) in [5, 5.41) is 0. The molecule has 2 aromatic rings. The van der Waals surface area contributed by atoms with Crippen molar-refractivity contribution in [2.24, 2.45) is 0 Å². The Hall–Kier alpha value is -2.36. The molecule has 4 heteroatoms. The van der Waals surface area contributed by atoms with Gasteiger partial charge in [-0.25, -0.2) is 17.6 Å². The molecular weight excluding hydrogens is 328 g/mol. The zero-order valence-corrected chi connectivity index (χ0v) is 13.8. The van der Waals surface area contributed by atoms with E-state index in [2.05, 4.69) is 0 Å². The molecule has 0 radical (unpaired) electrons. The number of alkyl halides is 1. The van der Waals surface area contributed by atoms with Crippen molar-refractivity contribution in [1.29, 1.82) is 0 Å². The van der Waals surface area contributed by atoms with E-state index in [0.717, 1.165) is 30.5 Å². The van der Waals surface area contributed by atoms with Crippen LogP contribution in [0.1, 0.15) is 37.3 Å². The van der Waals surface area contributed by atoms with Gasteiger partial charge in [0, 0.05) is 12.0 Å². The van der Waals surface area contributed by atoms with E-state index in [-0.39, 0.29) is 17.6 Å². The van der Waals surface area contributed by atoms with Gasteiger partial charge in [-0.15, -0.1) is 0 Å². The summed E-state index contributed by atoms with van der Waals surface area (Å²) in [5.74, 6) is -4.20. The van der Waals surface area contributed by atoms with Crippen molar-refractivity contribution in [3.63, 3.8) is 0 Å². The van der Waals surface area contributed by atoms with Crippen LogP contribution in [-0.4, -0.2) is 0 Å². The Kier molecular flexibility index (Phi) is 4.80. The standard InChI is InChI=1S/C21H18F4/c1-2-6-14-9-10-17(15-11-18(22)20(24)19(23)12-15)21(25,13-14)16-7-4-3-5-8-16/h3-5,7-12H,2,6,13H2,1H3. The third-order valence-corrected chi connectivity index (χ3v) is 4.48. The first-order valence-electron chi connectivity index (χ1n) is 8.25. The van der Waals surface area contributed by atoms with E-state index in [9.17, 15) is 13.2 Å². The maximum atomic E-state index is 16.1. The summed E-state index contributed by atoms with van der Waals surface area (Å²) in [4.78, 5) is 0. The average Bonchev–Trinajstić information content (AvgIpc) is 2.60. The highest BCUT2D eigenvalue weighted by Crippen LogP contribution is 2.48. The minimum atomic E-state index is -1.92. The topological polar surface area (TPSA) is 0 Å². The molecule has 0 N–H and O–H groups in total. The Morgan fingerprint density at radius 1 is 0.960 bits per heavy atom. The zero-order chi connectivity index (χ0) is 18.0. The second kappa shape index (κ2) is 6.87. The Balaban J connectivity index is 2.16. The summed E-state index contributed by atoms with van der Waals surface area (Å²) < 4.78 is 56.8. The van der Waals surface area contributed by atoms with Gasteiger partial charge in [0.2, 0.25) is 0 Å². The molecule has 0 amide bonds. The quantitative estimate of drug-likeness (QED) is 0.439. The Labute approximate surface area is 144 Å². The first kappa shape index (κ1) is 17.5. The number of allylic oxidation sites excluding steroid dienone is 4. The van der Waals surface area contributed by atoms with E-state index >= 15 is 4.39 Å². The molecule has 1 atom stereocenters. The molecule has 0 spiro atoms. The molecule has 0 bridgehead atoms. The lowest BCUT2D eigenvalue weighted by molar-refractivity contribution is 0.242. The molecule has 0 aromatic heterocycles. The molecule has 1 aliphatic carbocycles. The van der Waals surface area contributed by atoms with Crippen molar-refractivity contribution in [3.05, 3.63) is 88.8 Å². The van der Waals surface area contributed by atoms with E-state index < -0.39 is 23.1 Å². The first-order chi connectivity index (χ1) is 12.0. The van der Waals surface area contributed by atoms with Gasteiger partial charge in [-0.2, -0.15) is 0 Å². The van der Waals surface area contributed by atoms with E-state index in [4.69, 9.17) is 0 Å². The molecule has 1 unspecified atom stereocenters. The Morgan fingerprint density at radius 3 is 2.20 bits per heavy atom. The normalized spacial score (nSPS) is 20.2.